The van der Waals surface area contributed by atoms with Gasteiger partial charge in [-0.25, -0.2) is 0 Å². The van der Waals surface area contributed by atoms with Gasteiger partial charge in [-0.2, -0.15) is 5.10 Å². The minimum atomic E-state index is -0.532. The molecule has 0 radical (unpaired) electrons. The number of aromatic nitrogens is 2. The zero-order chi connectivity index (χ0) is 20.1. The van der Waals surface area contributed by atoms with Gasteiger partial charge >= 0.3 is 0 Å². The van der Waals surface area contributed by atoms with E-state index < -0.39 is 6.10 Å². The first kappa shape index (κ1) is 20.8. The van der Waals surface area contributed by atoms with Gasteiger partial charge in [-0.05, 0) is 48.6 Å². The average molecular weight is 388 g/mol. The van der Waals surface area contributed by atoms with Gasteiger partial charge in [0, 0.05) is 25.8 Å². The van der Waals surface area contributed by atoms with Gasteiger partial charge in [0.2, 0.25) is 0 Å². The summed E-state index contributed by atoms with van der Waals surface area (Å²) in [5.74, 6) is 1.31. The molecule has 1 aliphatic heterocycles. The van der Waals surface area contributed by atoms with Gasteiger partial charge < -0.3 is 14.6 Å². The number of aliphatic hydroxyl groups is 1. The maximum absolute atomic E-state index is 10.4. The fourth-order valence-electron chi connectivity index (χ4n) is 3.76. The lowest BCUT2D eigenvalue weighted by Gasteiger charge is -2.34. The molecule has 6 nitrogen and oxygen atoms in total. The molecule has 1 aromatic carbocycles. The van der Waals surface area contributed by atoms with Crippen molar-refractivity contribution in [1.82, 2.24) is 14.7 Å². The Balaban J connectivity index is 1.45. The molecule has 1 saturated heterocycles. The third kappa shape index (κ3) is 5.80. The minimum Gasteiger partial charge on any atom is -0.491 e. The number of aryl methyl sites for hydroxylation is 2. The molecule has 1 N–H and O–H groups in total. The summed E-state index contributed by atoms with van der Waals surface area (Å²) >= 11 is 0. The molecule has 6 heteroatoms. The van der Waals surface area contributed by atoms with E-state index in [0.29, 0.717) is 25.7 Å². The zero-order valence-corrected chi connectivity index (χ0v) is 17.5. The predicted molar refractivity (Wildman–Crippen MR) is 110 cm³/mol. The number of morpholine rings is 1. The summed E-state index contributed by atoms with van der Waals surface area (Å²) in [6.45, 7) is 12.4. The SMILES string of the molecule is Cc1cnn(CC2CN(CC(O)COc3ccc(C(C)C)c(C)c3)CCO2)c1. The first-order chi connectivity index (χ1) is 13.4. The Kier molecular flexibility index (Phi) is 7.10. The monoisotopic (exact) mass is 387 g/mol. The van der Waals surface area contributed by atoms with Crippen LogP contribution in [0.2, 0.25) is 0 Å². The predicted octanol–water partition coefficient (Wildman–Crippen LogP) is 2.76. The lowest BCUT2D eigenvalue weighted by atomic mass is 9.98. The maximum Gasteiger partial charge on any atom is 0.119 e. The highest BCUT2D eigenvalue weighted by Crippen LogP contribution is 2.23. The van der Waals surface area contributed by atoms with Crippen LogP contribution in [-0.2, 0) is 11.3 Å². The molecule has 2 atom stereocenters. The Morgan fingerprint density at radius 3 is 2.82 bits per heavy atom. The topological polar surface area (TPSA) is 59.8 Å². The molecule has 0 amide bonds. The van der Waals surface area contributed by atoms with E-state index in [-0.39, 0.29) is 6.10 Å². The summed E-state index contributed by atoms with van der Waals surface area (Å²) in [5, 5.41) is 14.8. The number of hydrogen-bond acceptors (Lipinski definition) is 5. The Morgan fingerprint density at radius 1 is 1.32 bits per heavy atom. The first-order valence-corrected chi connectivity index (χ1v) is 10.1. The van der Waals surface area contributed by atoms with Crippen molar-refractivity contribution < 1.29 is 14.6 Å². The van der Waals surface area contributed by atoms with Crippen LogP contribution in [0.25, 0.3) is 0 Å². The zero-order valence-electron chi connectivity index (χ0n) is 17.5. The van der Waals surface area contributed by atoms with Gasteiger partial charge in [0.05, 0.1) is 25.5 Å². The van der Waals surface area contributed by atoms with Crippen LogP contribution in [0.4, 0.5) is 0 Å². The summed E-state index contributed by atoms with van der Waals surface area (Å²) in [6, 6.07) is 6.16. The van der Waals surface area contributed by atoms with Crippen LogP contribution < -0.4 is 4.74 Å². The van der Waals surface area contributed by atoms with Crippen molar-refractivity contribution in [2.75, 3.05) is 32.8 Å². The van der Waals surface area contributed by atoms with Crippen LogP contribution in [0.1, 0.15) is 36.5 Å². The van der Waals surface area contributed by atoms with Crippen LogP contribution >= 0.6 is 0 Å². The number of β-amino-alcohol motifs (C(OH)–C–C–N with tert-alkyl or cyclic N) is 1. The van der Waals surface area contributed by atoms with Gasteiger partial charge in [0.15, 0.2) is 0 Å². The van der Waals surface area contributed by atoms with Gasteiger partial charge in [-0.1, -0.05) is 19.9 Å². The van der Waals surface area contributed by atoms with E-state index in [9.17, 15) is 5.11 Å². The number of benzene rings is 1. The minimum absolute atomic E-state index is 0.0902. The van der Waals surface area contributed by atoms with Crippen molar-refractivity contribution in [3.8, 4) is 5.75 Å². The average Bonchev–Trinajstić information content (AvgIpc) is 3.05. The summed E-state index contributed by atoms with van der Waals surface area (Å²) in [7, 11) is 0. The van der Waals surface area contributed by atoms with Crippen molar-refractivity contribution in [1.29, 1.82) is 0 Å². The molecule has 0 aliphatic carbocycles. The quantitative estimate of drug-likeness (QED) is 0.755. The van der Waals surface area contributed by atoms with Crippen molar-refractivity contribution in [2.45, 2.75) is 52.4 Å². The number of hydrogen-bond donors (Lipinski definition) is 1. The molecule has 1 aliphatic rings. The Morgan fingerprint density at radius 2 is 2.14 bits per heavy atom. The number of aliphatic hydroxyl groups excluding tert-OH is 1. The highest BCUT2D eigenvalue weighted by atomic mass is 16.5. The molecule has 1 fully saturated rings. The second-order valence-electron chi connectivity index (χ2n) is 8.13. The van der Waals surface area contributed by atoms with Crippen LogP contribution in [0.5, 0.6) is 5.75 Å². The lowest BCUT2D eigenvalue weighted by Crippen LogP contribution is -2.47. The van der Waals surface area contributed by atoms with Crippen molar-refractivity contribution in [3.63, 3.8) is 0 Å². The normalized spacial score (nSPS) is 19.1. The van der Waals surface area contributed by atoms with E-state index in [4.69, 9.17) is 9.47 Å². The molecule has 2 aromatic rings. The number of ether oxygens (including phenoxy) is 2. The lowest BCUT2D eigenvalue weighted by molar-refractivity contribution is -0.0517. The Labute approximate surface area is 168 Å². The molecule has 154 valence electrons. The Hall–Kier alpha value is -1.89. The van der Waals surface area contributed by atoms with Crippen molar-refractivity contribution in [2.24, 2.45) is 0 Å². The molecule has 28 heavy (non-hydrogen) atoms. The van der Waals surface area contributed by atoms with Crippen LogP contribution in [0.15, 0.2) is 30.6 Å². The third-order valence-electron chi connectivity index (χ3n) is 5.15. The molecule has 3 rings (SSSR count). The highest BCUT2D eigenvalue weighted by Gasteiger charge is 2.23. The molecule has 0 spiro atoms. The molecule has 2 heterocycles. The third-order valence-corrected chi connectivity index (χ3v) is 5.15. The second-order valence-corrected chi connectivity index (χ2v) is 8.13. The molecule has 2 unspecified atom stereocenters. The van der Waals surface area contributed by atoms with E-state index in [1.54, 1.807) is 0 Å². The van der Waals surface area contributed by atoms with Crippen LogP contribution in [-0.4, -0.2) is 64.8 Å². The first-order valence-electron chi connectivity index (χ1n) is 10.1. The van der Waals surface area contributed by atoms with E-state index in [0.717, 1.165) is 30.9 Å². The van der Waals surface area contributed by atoms with E-state index in [2.05, 4.69) is 42.9 Å². The largest absolute Gasteiger partial charge is 0.491 e. The van der Waals surface area contributed by atoms with Gasteiger partial charge in [-0.15, -0.1) is 0 Å². The van der Waals surface area contributed by atoms with Crippen molar-refractivity contribution in [3.05, 3.63) is 47.3 Å². The van der Waals surface area contributed by atoms with Crippen LogP contribution in [0, 0.1) is 13.8 Å². The summed E-state index contributed by atoms with van der Waals surface area (Å²) in [4.78, 5) is 2.24. The summed E-state index contributed by atoms with van der Waals surface area (Å²) < 4.78 is 13.6. The van der Waals surface area contributed by atoms with E-state index in [1.165, 1.54) is 11.1 Å². The Bertz CT molecular complexity index is 759. The fraction of sp³-hybridized carbons (Fsp3) is 0.591. The van der Waals surface area contributed by atoms with Gasteiger partial charge in [0.1, 0.15) is 18.5 Å². The highest BCUT2D eigenvalue weighted by molar-refractivity contribution is 5.36. The molecule has 0 saturated carbocycles. The van der Waals surface area contributed by atoms with Crippen molar-refractivity contribution >= 4 is 0 Å². The smallest absolute Gasteiger partial charge is 0.119 e. The number of nitrogens with zero attached hydrogens (tertiary/aromatic N) is 3. The second kappa shape index (κ2) is 9.54. The molecular weight excluding hydrogens is 354 g/mol. The molecular formula is C22H33N3O3. The van der Waals surface area contributed by atoms with Gasteiger partial charge in [-0.3, -0.25) is 9.58 Å². The van der Waals surface area contributed by atoms with E-state index >= 15 is 0 Å². The fourth-order valence-corrected chi connectivity index (χ4v) is 3.76. The summed E-state index contributed by atoms with van der Waals surface area (Å²) in [5.41, 5.74) is 3.71. The summed E-state index contributed by atoms with van der Waals surface area (Å²) in [6.07, 6.45) is 3.44. The molecule has 0 bridgehead atoms. The van der Waals surface area contributed by atoms with E-state index in [1.807, 2.05) is 30.1 Å². The maximum atomic E-state index is 10.4. The molecule has 1 aromatic heterocycles. The van der Waals surface area contributed by atoms with Gasteiger partial charge in [0.25, 0.3) is 0 Å². The standard InChI is InChI=1S/C22H33N3O3/c1-16(2)22-6-5-20(9-18(22)4)28-15-19(26)12-24-7-8-27-21(13-24)14-25-11-17(3)10-23-25/h5-6,9-11,16,19,21,26H,7-8,12-15H2,1-4H3. The van der Waals surface area contributed by atoms with Crippen LogP contribution in [0.3, 0.4) is 0 Å². The number of rotatable bonds is 8.